The molecule has 0 unspecified atom stereocenters. The Morgan fingerprint density at radius 3 is 2.58 bits per heavy atom. The van der Waals surface area contributed by atoms with E-state index in [0.717, 1.165) is 0 Å². The van der Waals surface area contributed by atoms with Gasteiger partial charge in [0.05, 0.1) is 0 Å². The molecule has 0 aliphatic heterocycles. The molecule has 5 heteroatoms. The van der Waals surface area contributed by atoms with Crippen LogP contribution in [0.1, 0.15) is 25.6 Å². The lowest BCUT2D eigenvalue weighted by Crippen LogP contribution is -2.16. The molecule has 66 valence electrons. The van der Waals surface area contributed by atoms with Crippen LogP contribution in [0, 0.1) is 0 Å². The van der Waals surface area contributed by atoms with Crippen molar-refractivity contribution in [3.8, 4) is 5.88 Å². The van der Waals surface area contributed by atoms with Gasteiger partial charge in [0, 0.05) is 5.92 Å². The van der Waals surface area contributed by atoms with Crippen LogP contribution in [-0.4, -0.2) is 15.1 Å². The second-order valence-corrected chi connectivity index (χ2v) is 2.84. The summed E-state index contributed by atoms with van der Waals surface area (Å²) >= 11 is 0. The monoisotopic (exact) mass is 169 g/mol. The quantitative estimate of drug-likeness (QED) is 0.559. The molecule has 1 rings (SSSR count). The number of hydrogen-bond donors (Lipinski definition) is 3. The number of rotatable bonds is 1. The van der Waals surface area contributed by atoms with Crippen LogP contribution in [0.3, 0.4) is 0 Å². The summed E-state index contributed by atoms with van der Waals surface area (Å²) in [5.74, 6) is 0.0957. The van der Waals surface area contributed by atoms with E-state index in [1.165, 1.54) is 0 Å². The molecule has 0 fully saturated rings. The molecule has 1 heterocycles. The van der Waals surface area contributed by atoms with E-state index in [2.05, 4.69) is 9.97 Å². The zero-order valence-electron chi connectivity index (χ0n) is 6.96. The minimum Gasteiger partial charge on any atom is -0.492 e. The van der Waals surface area contributed by atoms with Gasteiger partial charge in [0.2, 0.25) is 5.88 Å². The molecule has 5 nitrogen and oxygen atoms in total. The van der Waals surface area contributed by atoms with E-state index in [0.29, 0.717) is 5.82 Å². The van der Waals surface area contributed by atoms with E-state index < -0.39 is 11.4 Å². The van der Waals surface area contributed by atoms with Crippen LogP contribution in [-0.2, 0) is 0 Å². The first-order valence-corrected chi connectivity index (χ1v) is 3.61. The maximum atomic E-state index is 11.0. The van der Waals surface area contributed by atoms with Crippen LogP contribution in [0.25, 0.3) is 0 Å². The fourth-order valence-corrected chi connectivity index (χ4v) is 0.761. The molecule has 0 atom stereocenters. The van der Waals surface area contributed by atoms with Crippen molar-refractivity contribution in [1.29, 1.82) is 0 Å². The number of H-pyrrole nitrogens is 1. The predicted octanol–water partition coefficient (Wildman–Crippen LogP) is 0.181. The molecule has 0 saturated heterocycles. The summed E-state index contributed by atoms with van der Waals surface area (Å²) in [6.45, 7) is 3.71. The molecule has 0 amide bonds. The highest BCUT2D eigenvalue weighted by atomic mass is 16.3. The van der Waals surface area contributed by atoms with Crippen LogP contribution in [0.15, 0.2) is 4.79 Å². The largest absolute Gasteiger partial charge is 0.492 e. The van der Waals surface area contributed by atoms with E-state index in [1.807, 2.05) is 13.8 Å². The molecule has 1 aromatic heterocycles. The third-order valence-corrected chi connectivity index (χ3v) is 1.50. The first kappa shape index (κ1) is 8.58. The van der Waals surface area contributed by atoms with Crippen molar-refractivity contribution in [2.75, 3.05) is 5.73 Å². The van der Waals surface area contributed by atoms with Gasteiger partial charge in [-0.15, -0.1) is 0 Å². The van der Waals surface area contributed by atoms with Crippen molar-refractivity contribution >= 4 is 5.69 Å². The van der Waals surface area contributed by atoms with Gasteiger partial charge in [-0.25, -0.2) is 0 Å². The average Bonchev–Trinajstić information content (AvgIpc) is 1.99. The minimum absolute atomic E-state index is 0.0594. The standard InChI is InChI=1S/C7H11N3O2/c1-3(2)5-9-6(11)4(8)7(12)10-5/h3H,8H2,1-2H3,(H2,9,10,11,12). The average molecular weight is 169 g/mol. The fraction of sp³-hybridized carbons (Fsp3) is 0.429. The maximum absolute atomic E-state index is 11.0. The second-order valence-electron chi connectivity index (χ2n) is 2.84. The number of nitrogen functional groups attached to an aromatic ring is 1. The molecule has 12 heavy (non-hydrogen) atoms. The molecule has 0 aliphatic rings. The van der Waals surface area contributed by atoms with E-state index in [1.54, 1.807) is 0 Å². The number of nitrogens with one attached hydrogen (secondary N) is 1. The molecule has 1 aromatic rings. The summed E-state index contributed by atoms with van der Waals surface area (Å²) in [6.07, 6.45) is 0. The lowest BCUT2D eigenvalue weighted by molar-refractivity contribution is 0.449. The summed E-state index contributed by atoms with van der Waals surface area (Å²) in [5.41, 5.74) is 4.46. The normalized spacial score (nSPS) is 10.6. The number of nitrogens with two attached hydrogens (primary N) is 1. The van der Waals surface area contributed by atoms with Gasteiger partial charge in [-0.3, -0.25) is 4.79 Å². The summed E-state index contributed by atoms with van der Waals surface area (Å²) in [5, 5.41) is 9.07. The number of hydrogen-bond acceptors (Lipinski definition) is 4. The molecular weight excluding hydrogens is 158 g/mol. The predicted molar refractivity (Wildman–Crippen MR) is 45.0 cm³/mol. The summed E-state index contributed by atoms with van der Waals surface area (Å²) in [7, 11) is 0. The third-order valence-electron chi connectivity index (χ3n) is 1.50. The molecule has 0 aromatic carbocycles. The third kappa shape index (κ3) is 1.39. The van der Waals surface area contributed by atoms with Crippen molar-refractivity contribution in [1.82, 2.24) is 9.97 Å². The highest BCUT2D eigenvalue weighted by molar-refractivity contribution is 5.44. The lowest BCUT2D eigenvalue weighted by atomic mass is 10.2. The first-order valence-electron chi connectivity index (χ1n) is 3.61. The topological polar surface area (TPSA) is 92.0 Å². The zero-order chi connectivity index (χ0) is 9.30. The van der Waals surface area contributed by atoms with Crippen molar-refractivity contribution in [2.24, 2.45) is 0 Å². The van der Waals surface area contributed by atoms with Crippen LogP contribution >= 0.6 is 0 Å². The van der Waals surface area contributed by atoms with E-state index >= 15 is 0 Å². The van der Waals surface area contributed by atoms with Gasteiger partial charge in [0.25, 0.3) is 5.56 Å². The Bertz CT molecular complexity index is 343. The van der Waals surface area contributed by atoms with Gasteiger partial charge in [-0.2, -0.15) is 4.98 Å². The van der Waals surface area contributed by atoms with Gasteiger partial charge < -0.3 is 15.8 Å². The van der Waals surface area contributed by atoms with Crippen molar-refractivity contribution in [2.45, 2.75) is 19.8 Å². The molecular formula is C7H11N3O2. The van der Waals surface area contributed by atoms with Crippen LogP contribution < -0.4 is 11.3 Å². The van der Waals surface area contributed by atoms with Crippen molar-refractivity contribution in [3.63, 3.8) is 0 Å². The molecule has 0 spiro atoms. The number of aromatic amines is 1. The van der Waals surface area contributed by atoms with Gasteiger partial charge in [0.15, 0.2) is 5.69 Å². The highest BCUT2D eigenvalue weighted by Crippen LogP contribution is 2.14. The number of anilines is 1. The summed E-state index contributed by atoms with van der Waals surface area (Å²) in [4.78, 5) is 17.2. The fourth-order valence-electron chi connectivity index (χ4n) is 0.761. The molecule has 4 N–H and O–H groups in total. The first-order chi connectivity index (χ1) is 5.52. The molecule has 0 radical (unpaired) electrons. The van der Waals surface area contributed by atoms with Gasteiger partial charge in [-0.1, -0.05) is 13.8 Å². The number of nitrogens with zero attached hydrogens (tertiary/aromatic N) is 1. The Kier molecular flexibility index (Phi) is 2.03. The second kappa shape index (κ2) is 2.84. The van der Waals surface area contributed by atoms with E-state index in [9.17, 15) is 4.79 Å². The van der Waals surface area contributed by atoms with Crippen LogP contribution in [0.2, 0.25) is 0 Å². The Hall–Kier alpha value is -1.52. The van der Waals surface area contributed by atoms with Gasteiger partial charge in [-0.05, 0) is 0 Å². The minimum atomic E-state index is -0.494. The molecule has 0 bridgehead atoms. The van der Waals surface area contributed by atoms with Crippen LogP contribution in [0.5, 0.6) is 5.88 Å². The smallest absolute Gasteiger partial charge is 0.278 e. The maximum Gasteiger partial charge on any atom is 0.278 e. The van der Waals surface area contributed by atoms with E-state index in [4.69, 9.17) is 10.8 Å². The van der Waals surface area contributed by atoms with E-state index in [-0.39, 0.29) is 11.6 Å². The van der Waals surface area contributed by atoms with Crippen molar-refractivity contribution in [3.05, 3.63) is 16.2 Å². The SMILES string of the molecule is CC(C)c1nc(O)c(N)c(=O)[nH]1. The summed E-state index contributed by atoms with van der Waals surface area (Å²) < 4.78 is 0. The van der Waals surface area contributed by atoms with Crippen LogP contribution in [0.4, 0.5) is 5.69 Å². The Labute approximate surface area is 69.3 Å². The Balaban J connectivity index is 3.31. The van der Waals surface area contributed by atoms with Crippen molar-refractivity contribution < 1.29 is 5.11 Å². The number of aromatic hydroxyl groups is 1. The molecule has 0 aliphatic carbocycles. The Morgan fingerprint density at radius 1 is 1.58 bits per heavy atom. The highest BCUT2D eigenvalue weighted by Gasteiger charge is 2.08. The summed E-state index contributed by atoms with van der Waals surface area (Å²) in [6, 6.07) is 0. The van der Waals surface area contributed by atoms with Gasteiger partial charge >= 0.3 is 0 Å². The van der Waals surface area contributed by atoms with Gasteiger partial charge in [0.1, 0.15) is 5.82 Å². The number of aromatic nitrogens is 2. The Morgan fingerprint density at radius 2 is 2.17 bits per heavy atom. The zero-order valence-corrected chi connectivity index (χ0v) is 6.96. The molecule has 0 saturated carbocycles. The lowest BCUT2D eigenvalue weighted by Gasteiger charge is -2.04.